The largest absolute Gasteiger partial charge is 0.463 e. The third-order valence-electron chi connectivity index (χ3n) is 6.14. The molecule has 0 bridgehead atoms. The normalized spacial score (nSPS) is 29.7. The Balaban J connectivity index is 2.57. The number of hydrogen-bond acceptors (Lipinski definition) is 20. The van der Waals surface area contributed by atoms with Crippen LogP contribution in [0.15, 0.2) is 0 Å². The predicted molar refractivity (Wildman–Crippen MR) is 159 cm³/mol. The third-order valence-corrected chi connectivity index (χ3v) is 8.86. The maximum Gasteiger partial charge on any atom is 0.303 e. The average molecular weight is 727 g/mol. The molecular formula is C28H38O18S2. The second-order valence-corrected chi connectivity index (χ2v) is 12.8. The summed E-state index contributed by atoms with van der Waals surface area (Å²) < 4.78 is 54.9. The van der Waals surface area contributed by atoms with E-state index in [1.54, 1.807) is 0 Å². The first-order valence-corrected chi connectivity index (χ1v) is 16.6. The van der Waals surface area contributed by atoms with Crippen molar-refractivity contribution in [3.05, 3.63) is 0 Å². The molecule has 2 unspecified atom stereocenters. The summed E-state index contributed by atoms with van der Waals surface area (Å²) in [7, 11) is 1.62. The van der Waals surface area contributed by atoms with E-state index in [-0.39, 0.29) is 0 Å². The summed E-state index contributed by atoms with van der Waals surface area (Å²) in [5, 5.41) is 0. The summed E-state index contributed by atoms with van der Waals surface area (Å²) in [6.45, 7) is 7.75. The van der Waals surface area contributed by atoms with Crippen molar-refractivity contribution >= 4 is 69.3 Å². The number of carbonyl (C=O) groups is 8. The Morgan fingerprint density at radius 2 is 0.646 bits per heavy atom. The van der Waals surface area contributed by atoms with Crippen LogP contribution in [0.1, 0.15) is 55.4 Å². The molecule has 0 amide bonds. The quantitative estimate of drug-likeness (QED) is 0.143. The van der Waals surface area contributed by atoms with Gasteiger partial charge in [0.15, 0.2) is 47.5 Å². The lowest BCUT2D eigenvalue weighted by Crippen LogP contribution is -2.62. The molecule has 2 rings (SSSR count). The highest BCUT2D eigenvalue weighted by Gasteiger charge is 2.55. The van der Waals surface area contributed by atoms with Gasteiger partial charge in [0.25, 0.3) is 0 Å². The molecule has 0 saturated carbocycles. The topological polar surface area (TPSA) is 229 Å². The first-order valence-electron chi connectivity index (χ1n) is 14.3. The van der Waals surface area contributed by atoms with Crippen LogP contribution >= 0.6 is 21.6 Å². The van der Waals surface area contributed by atoms with Gasteiger partial charge in [-0.25, -0.2) is 0 Å². The van der Waals surface area contributed by atoms with Crippen molar-refractivity contribution in [2.45, 2.75) is 115 Å². The smallest absolute Gasteiger partial charge is 0.303 e. The zero-order valence-electron chi connectivity index (χ0n) is 27.4. The molecular weight excluding hydrogens is 688 g/mol. The molecule has 18 nitrogen and oxygen atoms in total. The second-order valence-electron chi connectivity index (χ2n) is 10.3. The van der Waals surface area contributed by atoms with Crippen LogP contribution in [0.25, 0.3) is 0 Å². The molecule has 10 atom stereocenters. The van der Waals surface area contributed by atoms with Gasteiger partial charge in [0.05, 0.1) is 0 Å². The molecule has 2 fully saturated rings. The minimum Gasteiger partial charge on any atom is -0.463 e. The van der Waals surface area contributed by atoms with E-state index in [2.05, 4.69) is 0 Å². The highest BCUT2D eigenvalue weighted by Crippen LogP contribution is 2.45. The Bertz CT molecular complexity index is 1130. The molecule has 0 N–H and O–H groups in total. The van der Waals surface area contributed by atoms with Gasteiger partial charge in [0.2, 0.25) is 0 Å². The highest BCUT2D eigenvalue weighted by atomic mass is 33.1. The molecule has 0 radical (unpaired) electrons. The van der Waals surface area contributed by atoms with Gasteiger partial charge >= 0.3 is 47.8 Å². The first kappa shape index (κ1) is 40.6. The lowest BCUT2D eigenvalue weighted by Gasteiger charge is -2.46. The van der Waals surface area contributed by atoms with Gasteiger partial charge in [-0.1, -0.05) is 21.6 Å². The molecule has 0 aromatic carbocycles. The Labute approximate surface area is 283 Å². The van der Waals surface area contributed by atoms with Crippen molar-refractivity contribution in [3.8, 4) is 0 Å². The van der Waals surface area contributed by atoms with Crippen molar-refractivity contribution in [1.29, 1.82) is 0 Å². The van der Waals surface area contributed by atoms with E-state index in [9.17, 15) is 38.4 Å². The lowest BCUT2D eigenvalue weighted by atomic mass is 9.99. The van der Waals surface area contributed by atoms with Crippen LogP contribution in [0, 0.1) is 0 Å². The summed E-state index contributed by atoms with van der Waals surface area (Å²) >= 11 is 0. The van der Waals surface area contributed by atoms with E-state index in [0.717, 1.165) is 77.0 Å². The van der Waals surface area contributed by atoms with Crippen molar-refractivity contribution < 1.29 is 85.7 Å². The van der Waals surface area contributed by atoms with E-state index in [1.807, 2.05) is 0 Å². The summed E-state index contributed by atoms with van der Waals surface area (Å²) in [5.41, 5.74) is -2.55. The van der Waals surface area contributed by atoms with Crippen LogP contribution in [0.5, 0.6) is 0 Å². The molecule has 2 heterocycles. The van der Waals surface area contributed by atoms with Gasteiger partial charge in [-0.15, -0.1) is 0 Å². The first-order chi connectivity index (χ1) is 22.4. The van der Waals surface area contributed by atoms with Crippen molar-refractivity contribution in [1.82, 2.24) is 0 Å². The summed E-state index contributed by atoms with van der Waals surface area (Å²) in [4.78, 5) is 96.1. The van der Waals surface area contributed by atoms with Gasteiger partial charge in [-0.3, -0.25) is 38.4 Å². The van der Waals surface area contributed by atoms with Crippen molar-refractivity contribution in [2.24, 2.45) is 0 Å². The van der Waals surface area contributed by atoms with Gasteiger partial charge in [-0.2, -0.15) is 0 Å². The van der Waals surface area contributed by atoms with Crippen molar-refractivity contribution in [2.75, 3.05) is 13.2 Å². The molecule has 48 heavy (non-hydrogen) atoms. The van der Waals surface area contributed by atoms with Crippen LogP contribution in [0.2, 0.25) is 0 Å². The fraction of sp³-hybridized carbons (Fsp3) is 0.714. The third kappa shape index (κ3) is 12.8. The van der Waals surface area contributed by atoms with Crippen molar-refractivity contribution in [3.63, 3.8) is 0 Å². The van der Waals surface area contributed by atoms with E-state index >= 15 is 0 Å². The Morgan fingerprint density at radius 3 is 0.896 bits per heavy atom. The van der Waals surface area contributed by atoms with E-state index < -0.39 is 121 Å². The molecule has 20 heteroatoms. The maximum atomic E-state index is 12.2. The maximum absolute atomic E-state index is 12.2. The van der Waals surface area contributed by atoms with Gasteiger partial charge in [0, 0.05) is 55.4 Å². The standard InChI is InChI=1S/C28H38O18S2/c1-11(29)37-9-19-21(39-13(3)31)23(41-15(5)33)25(43-17(7)35)27(45-19)47-48-28-26(44-18(8)36)24(42-16(6)34)22(40-14(4)32)20(46-28)10-38-12(2)30/h19-28H,9-10H2,1-8H3/t19-,20-,21-,22+,23+,24+,25-,26-,27?,28?/m1/s1. The van der Waals surface area contributed by atoms with Gasteiger partial charge in [-0.05, 0) is 0 Å². The molecule has 0 spiro atoms. The number of carbonyl (C=O) groups excluding carboxylic acids is 8. The zero-order chi connectivity index (χ0) is 36.3. The highest BCUT2D eigenvalue weighted by molar-refractivity contribution is 8.77. The number of hydrogen-bond donors (Lipinski definition) is 0. The second kappa shape index (κ2) is 18.8. The SMILES string of the molecule is CC(=O)OC[C@H]1OC(SSC2O[C@H](COC(C)=O)[C@@H](OC(C)=O)[C@H](OC(C)=O)[C@H]2OC(C)=O)[C@H](OC(C)=O)[C@@H](OC(C)=O)[C@H]1OC(C)=O. The number of rotatable bonds is 13. The fourth-order valence-corrected chi connectivity index (χ4v) is 7.46. The van der Waals surface area contributed by atoms with Gasteiger partial charge in [0.1, 0.15) is 25.4 Å². The summed E-state index contributed by atoms with van der Waals surface area (Å²) in [6.07, 6.45) is -11.1. The summed E-state index contributed by atoms with van der Waals surface area (Å²) in [5.74, 6) is -6.37. The minimum atomic E-state index is -1.46. The summed E-state index contributed by atoms with van der Waals surface area (Å²) in [6, 6.07) is 0. The number of ether oxygens (including phenoxy) is 10. The minimum absolute atomic E-state index is 0.474. The molecule has 0 aliphatic carbocycles. The molecule has 270 valence electrons. The fourth-order valence-electron chi connectivity index (χ4n) is 4.64. The molecule has 0 aromatic heterocycles. The molecule has 2 aliphatic rings. The Hall–Kier alpha value is -3.62. The van der Waals surface area contributed by atoms with Crippen LogP contribution < -0.4 is 0 Å². The van der Waals surface area contributed by atoms with E-state index in [1.165, 1.54) is 0 Å². The van der Waals surface area contributed by atoms with E-state index in [0.29, 0.717) is 0 Å². The molecule has 2 saturated heterocycles. The predicted octanol–water partition coefficient (Wildman–Crippen LogP) is 0.534. The monoisotopic (exact) mass is 726 g/mol. The van der Waals surface area contributed by atoms with Crippen LogP contribution in [-0.4, -0.2) is 121 Å². The number of esters is 8. The Morgan fingerprint density at radius 1 is 0.396 bits per heavy atom. The van der Waals surface area contributed by atoms with Crippen LogP contribution in [0.3, 0.4) is 0 Å². The van der Waals surface area contributed by atoms with E-state index in [4.69, 9.17) is 47.4 Å². The average Bonchev–Trinajstić information content (AvgIpc) is 2.93. The molecule has 0 aromatic rings. The lowest BCUT2D eigenvalue weighted by molar-refractivity contribution is -0.238. The van der Waals surface area contributed by atoms with Gasteiger partial charge < -0.3 is 47.4 Å². The molecule has 2 aliphatic heterocycles. The Kier molecular flexibility index (Phi) is 15.9. The van der Waals surface area contributed by atoms with Crippen LogP contribution in [-0.2, 0) is 85.7 Å². The zero-order valence-corrected chi connectivity index (χ0v) is 29.0. The van der Waals surface area contributed by atoms with Crippen LogP contribution in [0.4, 0.5) is 0 Å².